The minimum absolute atomic E-state index is 0.0330. The molecule has 0 aliphatic carbocycles. The van der Waals surface area contributed by atoms with Gasteiger partial charge in [0.25, 0.3) is 0 Å². The molecule has 2 aromatic heterocycles. The van der Waals surface area contributed by atoms with E-state index in [-0.39, 0.29) is 12.3 Å². The van der Waals surface area contributed by atoms with Gasteiger partial charge in [-0.15, -0.1) is 0 Å². The lowest BCUT2D eigenvalue weighted by Crippen LogP contribution is -2.58. The second-order valence-corrected chi connectivity index (χ2v) is 9.33. The number of nitrogens with zero attached hydrogens (tertiary/aromatic N) is 5. The lowest BCUT2D eigenvalue weighted by molar-refractivity contribution is -0.0372. The van der Waals surface area contributed by atoms with E-state index in [9.17, 15) is 4.79 Å². The highest BCUT2D eigenvalue weighted by atomic mass is 127. The normalized spacial score (nSPS) is 31.3. The van der Waals surface area contributed by atoms with Crippen molar-refractivity contribution in [3.8, 4) is 0 Å². The van der Waals surface area contributed by atoms with Crippen LogP contribution in [-0.4, -0.2) is 61.9 Å². The van der Waals surface area contributed by atoms with E-state index < -0.39 is 24.3 Å². The van der Waals surface area contributed by atoms with Gasteiger partial charge >= 0.3 is 6.09 Å². The number of aryl methyl sites for hydroxylation is 1. The van der Waals surface area contributed by atoms with Gasteiger partial charge < -0.3 is 20.1 Å². The molecule has 3 aliphatic heterocycles. The van der Waals surface area contributed by atoms with E-state index in [2.05, 4.69) is 33.0 Å². The van der Waals surface area contributed by atoms with Gasteiger partial charge in [-0.2, -0.15) is 5.10 Å². The van der Waals surface area contributed by atoms with Gasteiger partial charge in [0, 0.05) is 12.6 Å². The lowest BCUT2D eigenvalue weighted by Gasteiger charge is -2.42. The number of aromatic nitrogens is 4. The van der Waals surface area contributed by atoms with Crippen LogP contribution < -0.4 is 10.2 Å². The monoisotopic (exact) mass is 530 g/mol. The number of alkyl halides is 1. The van der Waals surface area contributed by atoms with Crippen molar-refractivity contribution in [3.05, 3.63) is 9.39 Å². The first-order valence-electron chi connectivity index (χ1n) is 10.4. The van der Waals surface area contributed by atoms with Crippen molar-refractivity contribution >= 4 is 45.7 Å². The smallest absolute Gasteiger partial charge is 0.404 e. The number of anilines is 1. The third-order valence-electron chi connectivity index (χ3n) is 6.44. The van der Waals surface area contributed by atoms with Crippen molar-refractivity contribution in [1.29, 1.82) is 0 Å². The first-order valence-corrected chi connectivity index (χ1v) is 11.5. The molecule has 1 amide bonds. The quantitative estimate of drug-likeness (QED) is 0.588. The van der Waals surface area contributed by atoms with Crippen LogP contribution in [0.2, 0.25) is 0 Å². The average Bonchev–Trinajstić information content (AvgIpc) is 3.23. The minimum Gasteiger partial charge on any atom is -0.465 e. The van der Waals surface area contributed by atoms with Gasteiger partial charge in [-0.3, -0.25) is 0 Å². The molecule has 3 fully saturated rings. The fraction of sp³-hybridized carbons (Fsp3) is 0.684. The molecule has 5 rings (SSSR count). The van der Waals surface area contributed by atoms with E-state index >= 15 is 4.39 Å². The number of piperidine rings is 1. The summed E-state index contributed by atoms with van der Waals surface area (Å²) in [6.07, 6.45) is 2.27. The molecule has 3 aliphatic rings. The molecule has 2 N–H and O–H groups in total. The molecule has 9 nitrogen and oxygen atoms in total. The minimum atomic E-state index is -1.29. The van der Waals surface area contributed by atoms with E-state index in [0.717, 1.165) is 40.6 Å². The molecule has 0 spiro atoms. The van der Waals surface area contributed by atoms with Crippen molar-refractivity contribution in [2.75, 3.05) is 11.5 Å². The molecule has 30 heavy (non-hydrogen) atoms. The number of rotatable bonds is 3. The Balaban J connectivity index is 1.53. The summed E-state index contributed by atoms with van der Waals surface area (Å²) >= 11 is 2.17. The molecule has 5 atom stereocenters. The van der Waals surface area contributed by atoms with Crippen LogP contribution in [0.1, 0.15) is 50.4 Å². The van der Waals surface area contributed by atoms with Crippen LogP contribution in [0.15, 0.2) is 0 Å². The van der Waals surface area contributed by atoms with Crippen molar-refractivity contribution in [3.63, 3.8) is 0 Å². The first kappa shape index (κ1) is 20.2. The lowest BCUT2D eigenvalue weighted by atomic mass is 9.95. The zero-order chi connectivity index (χ0) is 21.0. The molecule has 11 heteroatoms. The van der Waals surface area contributed by atoms with Crippen molar-refractivity contribution in [2.45, 2.75) is 76.0 Å². The number of carboxylic acid groups (broad SMARTS) is 1. The predicted molar refractivity (Wildman–Crippen MR) is 115 cm³/mol. The summed E-state index contributed by atoms with van der Waals surface area (Å²) in [6.45, 7) is 2.59. The molecule has 1 unspecified atom stereocenters. The Hall–Kier alpha value is -1.76. The number of fused-ring (bicyclic) bond motifs is 3. The Bertz CT molecular complexity index is 981. The molecule has 2 bridgehead atoms. The maximum Gasteiger partial charge on any atom is 0.404 e. The topological polar surface area (TPSA) is 105 Å². The van der Waals surface area contributed by atoms with Gasteiger partial charge in [0.2, 0.25) is 0 Å². The summed E-state index contributed by atoms with van der Waals surface area (Å²) in [7, 11) is 0. The fourth-order valence-electron chi connectivity index (χ4n) is 5.13. The van der Waals surface area contributed by atoms with Crippen molar-refractivity contribution < 1.29 is 19.0 Å². The maximum atomic E-state index is 15.2. The molecule has 5 heterocycles. The fourth-order valence-corrected chi connectivity index (χ4v) is 5.72. The number of hydrogen-bond acceptors (Lipinski definition) is 6. The second kappa shape index (κ2) is 7.74. The average molecular weight is 530 g/mol. The Labute approximate surface area is 186 Å². The molecular formula is C19H24FIN6O3. The third kappa shape index (κ3) is 3.29. The highest BCUT2D eigenvalue weighted by Crippen LogP contribution is 2.41. The Morgan fingerprint density at radius 2 is 2.13 bits per heavy atom. The number of ether oxygens (including phenoxy) is 1. The molecule has 0 radical (unpaired) electrons. The first-order chi connectivity index (χ1) is 14.4. The summed E-state index contributed by atoms with van der Waals surface area (Å²) < 4.78 is 23.7. The number of hydrogen-bond donors (Lipinski definition) is 2. The summed E-state index contributed by atoms with van der Waals surface area (Å²) in [5.74, 6) is 0.666. The van der Waals surface area contributed by atoms with Gasteiger partial charge in [0.15, 0.2) is 21.4 Å². The zero-order valence-electron chi connectivity index (χ0n) is 16.6. The van der Waals surface area contributed by atoms with Crippen molar-refractivity contribution in [2.24, 2.45) is 0 Å². The second-order valence-electron chi connectivity index (χ2n) is 8.30. The predicted octanol–water partition coefficient (Wildman–Crippen LogP) is 3.15. The van der Waals surface area contributed by atoms with Crippen LogP contribution in [0.3, 0.4) is 0 Å². The number of nitrogens with one attached hydrogen (secondary N) is 1. The number of carbonyl (C=O) groups is 1. The largest absolute Gasteiger partial charge is 0.465 e. The summed E-state index contributed by atoms with van der Waals surface area (Å²) in [4.78, 5) is 22.8. The number of amides is 1. The van der Waals surface area contributed by atoms with Crippen LogP contribution in [0.5, 0.6) is 0 Å². The van der Waals surface area contributed by atoms with Crippen LogP contribution in [0.25, 0.3) is 11.2 Å². The van der Waals surface area contributed by atoms with Crippen molar-refractivity contribution in [1.82, 2.24) is 25.1 Å². The molecule has 162 valence electrons. The van der Waals surface area contributed by atoms with E-state index in [1.54, 1.807) is 0 Å². The summed E-state index contributed by atoms with van der Waals surface area (Å²) in [6, 6.07) is -1.06. The van der Waals surface area contributed by atoms with E-state index in [1.807, 2.05) is 16.5 Å². The van der Waals surface area contributed by atoms with Crippen LogP contribution in [0.4, 0.5) is 15.0 Å². The number of halogens is 2. The SMILES string of the molecule is Cc1nc2c(I)nn(C3CCCCO3)c2nc1N1[C@H]2CC[C@@H]1[C@@H](F)[C@@H](NC(=O)O)C2. The maximum absolute atomic E-state index is 15.2. The molecule has 0 saturated carbocycles. The highest BCUT2D eigenvalue weighted by molar-refractivity contribution is 14.1. The standard InChI is InChI=1S/C19H24FIN6O3/c1-9-17(26-10-5-6-12(26)14(20)11(8-10)23-19(28)29)24-18-15(22-9)16(21)25-27(18)13-4-2-3-7-30-13/h10-14,23H,2-8H2,1H3,(H,28,29)/t10-,11-,12+,13?,14-/m0/s1. The summed E-state index contributed by atoms with van der Waals surface area (Å²) in [5, 5.41) is 16.0. The van der Waals surface area contributed by atoms with Gasteiger partial charge in [-0.1, -0.05) is 0 Å². The van der Waals surface area contributed by atoms with E-state index in [0.29, 0.717) is 30.9 Å². The zero-order valence-corrected chi connectivity index (χ0v) is 18.7. The molecule has 0 aromatic carbocycles. The Morgan fingerprint density at radius 3 is 2.87 bits per heavy atom. The van der Waals surface area contributed by atoms with E-state index in [1.165, 1.54) is 0 Å². The Morgan fingerprint density at radius 1 is 1.30 bits per heavy atom. The van der Waals surface area contributed by atoms with Crippen LogP contribution >= 0.6 is 22.6 Å². The highest BCUT2D eigenvalue weighted by Gasteiger charge is 2.49. The molecule has 2 aromatic rings. The van der Waals surface area contributed by atoms with Gasteiger partial charge in [0.1, 0.15) is 11.7 Å². The van der Waals surface area contributed by atoms with Crippen LogP contribution in [0, 0.1) is 10.6 Å². The van der Waals surface area contributed by atoms with E-state index in [4.69, 9.17) is 19.8 Å². The van der Waals surface area contributed by atoms with Gasteiger partial charge in [-0.25, -0.2) is 23.8 Å². The van der Waals surface area contributed by atoms with Crippen LogP contribution in [-0.2, 0) is 4.74 Å². The van der Waals surface area contributed by atoms with Gasteiger partial charge in [0.05, 0.1) is 17.8 Å². The molecular weight excluding hydrogens is 506 g/mol. The summed E-state index contributed by atoms with van der Waals surface area (Å²) in [5.41, 5.74) is 2.13. The third-order valence-corrected chi connectivity index (χ3v) is 7.17. The van der Waals surface area contributed by atoms with Gasteiger partial charge in [-0.05, 0) is 68.0 Å². The molecule has 3 saturated heterocycles. The Kier molecular flexibility index (Phi) is 5.20.